The van der Waals surface area contributed by atoms with E-state index >= 15 is 0 Å². The molecule has 0 aromatic carbocycles. The maximum atomic E-state index is 5.76. The van der Waals surface area contributed by atoms with Crippen molar-refractivity contribution >= 4 is 0 Å². The molecule has 0 aliphatic heterocycles. The molecule has 0 heterocycles. The maximum absolute atomic E-state index is 5.76. The standard InChI is InChI=1S/C29H63N3/c1-3-5-7-9-11-13-15-17-19-21-26-31-28-29(24-23-25-30)32-27-22-20-18-16-14-12-10-8-6-4-2/h29,31-32H,3-28,30H2,1-2H3. The first kappa shape index (κ1) is 31.9. The van der Waals surface area contributed by atoms with Crippen molar-refractivity contribution in [2.45, 2.75) is 161 Å². The van der Waals surface area contributed by atoms with E-state index in [9.17, 15) is 0 Å². The first-order valence-corrected chi connectivity index (χ1v) is 15.0. The molecule has 0 saturated carbocycles. The van der Waals surface area contributed by atoms with E-state index in [-0.39, 0.29) is 0 Å². The van der Waals surface area contributed by atoms with Gasteiger partial charge in [-0.15, -0.1) is 0 Å². The van der Waals surface area contributed by atoms with Crippen LogP contribution in [0.3, 0.4) is 0 Å². The minimum Gasteiger partial charge on any atom is -0.330 e. The second-order valence-electron chi connectivity index (χ2n) is 10.2. The molecular formula is C29H63N3. The Morgan fingerprint density at radius 2 is 0.906 bits per heavy atom. The van der Waals surface area contributed by atoms with Crippen LogP contribution in [0, 0.1) is 0 Å². The molecule has 4 N–H and O–H groups in total. The van der Waals surface area contributed by atoms with Gasteiger partial charge in [0.2, 0.25) is 0 Å². The van der Waals surface area contributed by atoms with E-state index in [1.807, 2.05) is 0 Å². The number of unbranched alkanes of at least 4 members (excludes halogenated alkanes) is 18. The summed E-state index contributed by atoms with van der Waals surface area (Å²) in [6.07, 6.45) is 30.6. The van der Waals surface area contributed by atoms with Gasteiger partial charge in [0, 0.05) is 12.6 Å². The first-order chi connectivity index (χ1) is 15.8. The highest BCUT2D eigenvalue weighted by molar-refractivity contribution is 4.70. The Balaban J connectivity index is 3.49. The van der Waals surface area contributed by atoms with E-state index < -0.39 is 0 Å². The van der Waals surface area contributed by atoms with Crippen LogP contribution in [-0.2, 0) is 0 Å². The van der Waals surface area contributed by atoms with Gasteiger partial charge in [0.1, 0.15) is 0 Å². The van der Waals surface area contributed by atoms with Gasteiger partial charge in [0.15, 0.2) is 0 Å². The van der Waals surface area contributed by atoms with Crippen LogP contribution in [-0.4, -0.2) is 32.2 Å². The summed E-state index contributed by atoms with van der Waals surface area (Å²) in [7, 11) is 0. The van der Waals surface area contributed by atoms with Gasteiger partial charge in [0.25, 0.3) is 0 Å². The van der Waals surface area contributed by atoms with Crippen LogP contribution in [0.4, 0.5) is 0 Å². The zero-order valence-electron chi connectivity index (χ0n) is 22.5. The highest BCUT2D eigenvalue weighted by atomic mass is 15.0. The van der Waals surface area contributed by atoms with Gasteiger partial charge in [-0.05, 0) is 45.3 Å². The Hall–Kier alpha value is -0.120. The van der Waals surface area contributed by atoms with Crippen LogP contribution < -0.4 is 16.4 Å². The molecular weight excluding hydrogens is 390 g/mol. The molecule has 0 saturated heterocycles. The third-order valence-electron chi connectivity index (χ3n) is 6.82. The Labute approximate surface area is 203 Å². The maximum Gasteiger partial charge on any atom is 0.0192 e. The predicted octanol–water partition coefficient (Wildman–Crippen LogP) is 8.11. The summed E-state index contributed by atoms with van der Waals surface area (Å²) in [5.74, 6) is 0. The monoisotopic (exact) mass is 454 g/mol. The molecule has 1 unspecified atom stereocenters. The fourth-order valence-electron chi connectivity index (χ4n) is 4.57. The highest BCUT2D eigenvalue weighted by Gasteiger charge is 2.06. The molecule has 194 valence electrons. The number of nitrogens with two attached hydrogens (primary N) is 1. The normalized spacial score (nSPS) is 12.5. The average Bonchev–Trinajstić information content (AvgIpc) is 2.81. The second-order valence-corrected chi connectivity index (χ2v) is 10.2. The summed E-state index contributed by atoms with van der Waals surface area (Å²) in [6.45, 7) is 8.86. The molecule has 3 nitrogen and oxygen atoms in total. The van der Waals surface area contributed by atoms with Gasteiger partial charge in [0.05, 0.1) is 0 Å². The Morgan fingerprint density at radius 1 is 0.500 bits per heavy atom. The largest absolute Gasteiger partial charge is 0.330 e. The lowest BCUT2D eigenvalue weighted by atomic mass is 10.1. The van der Waals surface area contributed by atoms with Crippen LogP contribution in [0.2, 0.25) is 0 Å². The molecule has 0 radical (unpaired) electrons. The van der Waals surface area contributed by atoms with E-state index in [1.165, 1.54) is 148 Å². The van der Waals surface area contributed by atoms with Crippen molar-refractivity contribution in [2.75, 3.05) is 26.2 Å². The molecule has 0 aromatic rings. The quantitative estimate of drug-likeness (QED) is 0.105. The Bertz CT molecular complexity index is 322. The topological polar surface area (TPSA) is 50.1 Å². The van der Waals surface area contributed by atoms with Crippen molar-refractivity contribution in [3.63, 3.8) is 0 Å². The van der Waals surface area contributed by atoms with Gasteiger partial charge in [-0.1, -0.05) is 129 Å². The van der Waals surface area contributed by atoms with E-state index in [2.05, 4.69) is 24.5 Å². The third kappa shape index (κ3) is 26.1. The SMILES string of the molecule is CCCCCCCCCCCCNCC(CCCN)NCCCCCCCCCCCC. The summed E-state index contributed by atoms with van der Waals surface area (Å²) in [5, 5.41) is 7.51. The lowest BCUT2D eigenvalue weighted by Gasteiger charge is -2.19. The lowest BCUT2D eigenvalue weighted by molar-refractivity contribution is 0.426. The number of hydrogen-bond acceptors (Lipinski definition) is 3. The lowest BCUT2D eigenvalue weighted by Crippen LogP contribution is -2.39. The van der Waals surface area contributed by atoms with Crippen molar-refractivity contribution in [3.8, 4) is 0 Å². The highest BCUT2D eigenvalue weighted by Crippen LogP contribution is 2.11. The van der Waals surface area contributed by atoms with Gasteiger partial charge < -0.3 is 16.4 Å². The van der Waals surface area contributed by atoms with Gasteiger partial charge in [-0.25, -0.2) is 0 Å². The molecule has 0 amide bonds. The molecule has 1 atom stereocenters. The molecule has 0 spiro atoms. The summed E-state index contributed by atoms with van der Waals surface area (Å²) in [4.78, 5) is 0. The predicted molar refractivity (Wildman–Crippen MR) is 147 cm³/mol. The molecule has 0 aromatic heterocycles. The van der Waals surface area contributed by atoms with Crippen molar-refractivity contribution in [2.24, 2.45) is 5.73 Å². The van der Waals surface area contributed by atoms with Gasteiger partial charge in [-0.3, -0.25) is 0 Å². The number of nitrogens with one attached hydrogen (secondary N) is 2. The third-order valence-corrected chi connectivity index (χ3v) is 6.82. The van der Waals surface area contributed by atoms with Crippen LogP contribution >= 0.6 is 0 Å². The van der Waals surface area contributed by atoms with Crippen LogP contribution in [0.15, 0.2) is 0 Å². The Kier molecular flexibility index (Phi) is 28.8. The molecule has 3 heteroatoms. The molecule has 0 fully saturated rings. The molecule has 32 heavy (non-hydrogen) atoms. The summed E-state index contributed by atoms with van der Waals surface area (Å²) < 4.78 is 0. The Morgan fingerprint density at radius 3 is 1.34 bits per heavy atom. The fourth-order valence-corrected chi connectivity index (χ4v) is 4.57. The average molecular weight is 454 g/mol. The minimum absolute atomic E-state index is 0.597. The molecule has 0 aliphatic rings. The van der Waals surface area contributed by atoms with Crippen molar-refractivity contribution in [1.29, 1.82) is 0 Å². The smallest absolute Gasteiger partial charge is 0.0192 e. The molecule has 0 bridgehead atoms. The fraction of sp³-hybridized carbons (Fsp3) is 1.00. The van der Waals surface area contributed by atoms with E-state index in [0.717, 1.165) is 19.5 Å². The van der Waals surface area contributed by atoms with E-state index in [4.69, 9.17) is 5.73 Å². The van der Waals surface area contributed by atoms with Crippen LogP contribution in [0.1, 0.15) is 155 Å². The van der Waals surface area contributed by atoms with Crippen molar-refractivity contribution in [1.82, 2.24) is 10.6 Å². The van der Waals surface area contributed by atoms with Crippen LogP contribution in [0.5, 0.6) is 0 Å². The van der Waals surface area contributed by atoms with Gasteiger partial charge >= 0.3 is 0 Å². The van der Waals surface area contributed by atoms with E-state index in [1.54, 1.807) is 0 Å². The van der Waals surface area contributed by atoms with Crippen LogP contribution in [0.25, 0.3) is 0 Å². The summed E-state index contributed by atoms with van der Waals surface area (Å²) >= 11 is 0. The van der Waals surface area contributed by atoms with Crippen molar-refractivity contribution in [3.05, 3.63) is 0 Å². The zero-order chi connectivity index (χ0) is 23.4. The summed E-state index contributed by atoms with van der Waals surface area (Å²) in [5.41, 5.74) is 5.76. The molecule has 0 aliphatic carbocycles. The second kappa shape index (κ2) is 28.9. The minimum atomic E-state index is 0.597. The van der Waals surface area contributed by atoms with Crippen molar-refractivity contribution < 1.29 is 0 Å². The zero-order valence-corrected chi connectivity index (χ0v) is 22.5. The summed E-state index contributed by atoms with van der Waals surface area (Å²) in [6, 6.07) is 0.597. The first-order valence-electron chi connectivity index (χ1n) is 15.0. The molecule has 0 rings (SSSR count). The van der Waals surface area contributed by atoms with E-state index in [0.29, 0.717) is 6.04 Å². The number of rotatable bonds is 28. The number of hydrogen-bond donors (Lipinski definition) is 3. The van der Waals surface area contributed by atoms with Gasteiger partial charge in [-0.2, -0.15) is 0 Å².